The van der Waals surface area contributed by atoms with Crippen LogP contribution in [0.25, 0.3) is 0 Å². The van der Waals surface area contributed by atoms with Crippen molar-refractivity contribution in [2.45, 2.75) is 58.2 Å². The molecule has 1 aliphatic rings. The predicted molar refractivity (Wildman–Crippen MR) is 67.3 cm³/mol. The van der Waals surface area contributed by atoms with Crippen LogP contribution in [0.15, 0.2) is 0 Å². The number of hydrogen-bond acceptors (Lipinski definition) is 3. The van der Waals surface area contributed by atoms with Crippen molar-refractivity contribution in [3.63, 3.8) is 0 Å². The van der Waals surface area contributed by atoms with Gasteiger partial charge in [0.1, 0.15) is 6.04 Å². The molecule has 0 aromatic carbocycles. The van der Waals surface area contributed by atoms with E-state index >= 15 is 0 Å². The van der Waals surface area contributed by atoms with Gasteiger partial charge in [0.05, 0.1) is 12.5 Å². The van der Waals surface area contributed by atoms with Crippen molar-refractivity contribution in [1.82, 2.24) is 9.80 Å². The van der Waals surface area contributed by atoms with Gasteiger partial charge in [0.25, 0.3) is 0 Å². The van der Waals surface area contributed by atoms with Crippen LogP contribution < -0.4 is 0 Å². The molecular formula is C13H23N3O. The fourth-order valence-corrected chi connectivity index (χ4v) is 2.81. The summed E-state index contributed by atoms with van der Waals surface area (Å²) in [5.74, 6) is 0.0748. The van der Waals surface area contributed by atoms with Crippen LogP contribution in [0, 0.1) is 11.3 Å². The van der Waals surface area contributed by atoms with Crippen molar-refractivity contribution in [3.05, 3.63) is 0 Å². The van der Waals surface area contributed by atoms with E-state index in [2.05, 4.69) is 38.7 Å². The summed E-state index contributed by atoms with van der Waals surface area (Å²) in [5, 5.41) is 8.94. The van der Waals surface area contributed by atoms with E-state index in [1.807, 2.05) is 7.05 Å². The Morgan fingerprint density at radius 2 is 2.12 bits per heavy atom. The summed E-state index contributed by atoms with van der Waals surface area (Å²) < 4.78 is 0. The number of nitrogens with zero attached hydrogens (tertiary/aromatic N) is 3. The molecule has 1 aliphatic heterocycles. The first-order valence-electron chi connectivity index (χ1n) is 6.21. The van der Waals surface area contributed by atoms with Crippen molar-refractivity contribution in [3.8, 4) is 6.07 Å². The lowest BCUT2D eigenvalue weighted by molar-refractivity contribution is -0.136. The van der Waals surface area contributed by atoms with Crippen molar-refractivity contribution in [2.24, 2.45) is 0 Å². The molecule has 0 aromatic rings. The number of rotatable bonds is 2. The van der Waals surface area contributed by atoms with Crippen LogP contribution in [0.1, 0.15) is 40.5 Å². The lowest BCUT2D eigenvalue weighted by Crippen LogP contribution is -2.55. The zero-order valence-corrected chi connectivity index (χ0v) is 11.5. The molecule has 1 fully saturated rings. The van der Waals surface area contributed by atoms with Gasteiger partial charge in [0.2, 0.25) is 5.91 Å². The average Bonchev–Trinajstić information content (AvgIpc) is 2.30. The van der Waals surface area contributed by atoms with Crippen LogP contribution in [0.3, 0.4) is 0 Å². The maximum atomic E-state index is 12.3. The monoisotopic (exact) mass is 237 g/mol. The van der Waals surface area contributed by atoms with Crippen LogP contribution in [-0.2, 0) is 4.79 Å². The van der Waals surface area contributed by atoms with E-state index in [-0.39, 0.29) is 30.0 Å². The molecular weight excluding hydrogens is 214 g/mol. The summed E-state index contributed by atoms with van der Waals surface area (Å²) in [6.07, 6.45) is 1.21. The Bertz CT molecular complexity index is 330. The molecule has 1 amide bonds. The summed E-state index contributed by atoms with van der Waals surface area (Å²) in [5.41, 5.74) is -0.0455. The molecule has 0 bridgehead atoms. The van der Waals surface area contributed by atoms with E-state index < -0.39 is 0 Å². The normalized spacial score (nSPS) is 25.8. The Morgan fingerprint density at radius 1 is 1.53 bits per heavy atom. The number of likely N-dealkylation sites (N-methyl/N-ethyl adjacent to an activating group) is 1. The average molecular weight is 237 g/mol. The fourth-order valence-electron chi connectivity index (χ4n) is 2.81. The van der Waals surface area contributed by atoms with E-state index in [1.54, 1.807) is 4.90 Å². The molecule has 0 aliphatic carbocycles. The summed E-state index contributed by atoms with van der Waals surface area (Å²) in [6.45, 7) is 9.25. The molecule has 1 rings (SSSR count). The first kappa shape index (κ1) is 14.0. The molecule has 0 N–H and O–H groups in total. The second kappa shape index (κ2) is 5.05. The first-order chi connectivity index (χ1) is 7.81. The lowest BCUT2D eigenvalue weighted by atomic mass is 9.94. The smallest absolute Gasteiger partial charge is 0.240 e. The second-order valence-corrected chi connectivity index (χ2v) is 5.70. The van der Waals surface area contributed by atoms with Gasteiger partial charge >= 0.3 is 0 Å². The van der Waals surface area contributed by atoms with Gasteiger partial charge in [-0.15, -0.1) is 0 Å². The standard InChI is InChI=1S/C13H23N3O/c1-10(2)16-11(6-8-14)12(17)15(5)9-7-13(16,3)4/h10-11H,6-7,9H2,1-5H3. The fraction of sp³-hybridized carbons (Fsp3) is 0.846. The molecule has 1 atom stereocenters. The van der Waals surface area contributed by atoms with E-state index in [0.717, 1.165) is 13.0 Å². The highest BCUT2D eigenvalue weighted by molar-refractivity contribution is 5.82. The maximum Gasteiger partial charge on any atom is 0.240 e. The van der Waals surface area contributed by atoms with Gasteiger partial charge < -0.3 is 4.90 Å². The third kappa shape index (κ3) is 2.78. The highest BCUT2D eigenvalue weighted by atomic mass is 16.2. The number of carbonyl (C=O) groups excluding carboxylic acids is 1. The third-order valence-corrected chi connectivity index (χ3v) is 3.60. The Kier molecular flexibility index (Phi) is 4.16. The van der Waals surface area contributed by atoms with Crippen LogP contribution in [0.5, 0.6) is 0 Å². The van der Waals surface area contributed by atoms with Crippen LogP contribution in [0.2, 0.25) is 0 Å². The van der Waals surface area contributed by atoms with Crippen LogP contribution >= 0.6 is 0 Å². The molecule has 0 spiro atoms. The van der Waals surface area contributed by atoms with Crippen molar-refractivity contribution >= 4 is 5.91 Å². The molecule has 1 saturated heterocycles. The first-order valence-corrected chi connectivity index (χ1v) is 6.21. The SMILES string of the molecule is CC(C)N1C(CC#N)C(=O)N(C)CCC1(C)C. The summed E-state index contributed by atoms with van der Waals surface area (Å²) >= 11 is 0. The van der Waals surface area contributed by atoms with Gasteiger partial charge in [-0.3, -0.25) is 9.69 Å². The molecule has 96 valence electrons. The zero-order chi connectivity index (χ0) is 13.2. The molecule has 0 radical (unpaired) electrons. The quantitative estimate of drug-likeness (QED) is 0.733. The van der Waals surface area contributed by atoms with E-state index in [0.29, 0.717) is 0 Å². The summed E-state index contributed by atoms with van der Waals surface area (Å²) in [4.78, 5) is 16.2. The van der Waals surface area contributed by atoms with Gasteiger partial charge in [-0.2, -0.15) is 5.26 Å². The molecule has 1 heterocycles. The molecule has 4 nitrogen and oxygen atoms in total. The van der Waals surface area contributed by atoms with Gasteiger partial charge in [-0.05, 0) is 34.1 Å². The minimum absolute atomic E-state index is 0.0455. The van der Waals surface area contributed by atoms with Crippen LogP contribution in [0.4, 0.5) is 0 Å². The maximum absolute atomic E-state index is 12.3. The Labute approximate surface area is 104 Å². The minimum atomic E-state index is -0.303. The highest BCUT2D eigenvalue weighted by Crippen LogP contribution is 2.29. The third-order valence-electron chi connectivity index (χ3n) is 3.60. The Balaban J connectivity index is 3.13. The highest BCUT2D eigenvalue weighted by Gasteiger charge is 2.41. The predicted octanol–water partition coefficient (Wildman–Crippen LogP) is 1.62. The number of amides is 1. The summed E-state index contributed by atoms with van der Waals surface area (Å²) in [7, 11) is 1.83. The van der Waals surface area contributed by atoms with E-state index in [9.17, 15) is 4.79 Å². The molecule has 0 aromatic heterocycles. The zero-order valence-electron chi connectivity index (χ0n) is 11.5. The molecule has 0 saturated carbocycles. The largest absolute Gasteiger partial charge is 0.344 e. The van der Waals surface area contributed by atoms with Gasteiger partial charge in [0.15, 0.2) is 0 Å². The van der Waals surface area contributed by atoms with Gasteiger partial charge in [-0.25, -0.2) is 0 Å². The Morgan fingerprint density at radius 3 is 2.59 bits per heavy atom. The number of nitriles is 1. The van der Waals surface area contributed by atoms with Crippen molar-refractivity contribution in [2.75, 3.05) is 13.6 Å². The number of carbonyl (C=O) groups is 1. The van der Waals surface area contributed by atoms with Crippen molar-refractivity contribution < 1.29 is 4.79 Å². The molecule has 4 heteroatoms. The van der Waals surface area contributed by atoms with E-state index in [4.69, 9.17) is 5.26 Å². The van der Waals surface area contributed by atoms with Gasteiger partial charge in [-0.1, -0.05) is 0 Å². The topological polar surface area (TPSA) is 47.3 Å². The lowest BCUT2D eigenvalue weighted by Gasteiger charge is -2.43. The van der Waals surface area contributed by atoms with Crippen molar-refractivity contribution in [1.29, 1.82) is 5.26 Å². The minimum Gasteiger partial charge on any atom is -0.344 e. The Hall–Kier alpha value is -1.08. The van der Waals surface area contributed by atoms with E-state index in [1.165, 1.54) is 0 Å². The second-order valence-electron chi connectivity index (χ2n) is 5.70. The van der Waals surface area contributed by atoms with Crippen LogP contribution in [-0.4, -0.2) is 46.9 Å². The van der Waals surface area contributed by atoms with Gasteiger partial charge in [0, 0.05) is 25.2 Å². The molecule has 17 heavy (non-hydrogen) atoms. The molecule has 1 unspecified atom stereocenters. The number of hydrogen-bond donors (Lipinski definition) is 0. The summed E-state index contributed by atoms with van der Waals surface area (Å²) in [6, 6.07) is 2.11.